The van der Waals surface area contributed by atoms with Crippen molar-refractivity contribution in [3.05, 3.63) is 53.7 Å². The van der Waals surface area contributed by atoms with E-state index < -0.39 is 5.97 Å². The number of fused-ring (bicyclic) bond motifs is 1. The van der Waals surface area contributed by atoms with E-state index in [2.05, 4.69) is 15.3 Å². The zero-order valence-electron chi connectivity index (χ0n) is 10.6. The van der Waals surface area contributed by atoms with Crippen LogP contribution in [0, 0.1) is 0 Å². The fourth-order valence-electron chi connectivity index (χ4n) is 1.98. The zero-order chi connectivity index (χ0) is 13.9. The molecule has 102 valence electrons. The Balaban J connectivity index is 1.60. The topological polar surface area (TPSA) is 91.1 Å². The molecule has 0 saturated heterocycles. The summed E-state index contributed by atoms with van der Waals surface area (Å²) in [6, 6.07) is 10.9. The third-order valence-electron chi connectivity index (χ3n) is 2.90. The summed E-state index contributed by atoms with van der Waals surface area (Å²) in [6.45, 7) is 1.00. The van der Waals surface area contributed by atoms with Gasteiger partial charge in [0.05, 0.1) is 24.1 Å². The molecule has 0 aliphatic heterocycles. The molecule has 0 aliphatic rings. The van der Waals surface area contributed by atoms with Crippen LogP contribution in [0.2, 0.25) is 0 Å². The first-order valence-corrected chi connectivity index (χ1v) is 6.19. The van der Waals surface area contributed by atoms with Crippen molar-refractivity contribution in [3.63, 3.8) is 0 Å². The minimum Gasteiger partial charge on any atom is -0.475 e. The molecule has 1 aromatic carbocycles. The quantitative estimate of drug-likeness (QED) is 0.661. The summed E-state index contributed by atoms with van der Waals surface area (Å²) >= 11 is 0. The molecule has 0 amide bonds. The highest BCUT2D eigenvalue weighted by Gasteiger charge is 2.08. The molecule has 0 spiro atoms. The second kappa shape index (κ2) is 5.18. The maximum Gasteiger partial charge on any atom is 0.371 e. The number of H-pyrrole nitrogens is 1. The number of hydrogen-bond acceptors (Lipinski definition) is 4. The van der Waals surface area contributed by atoms with E-state index in [0.717, 1.165) is 16.9 Å². The number of carboxylic acids is 1. The number of benzene rings is 1. The highest BCUT2D eigenvalue weighted by molar-refractivity contribution is 5.84. The molecule has 0 atom stereocenters. The lowest BCUT2D eigenvalue weighted by atomic mass is 10.3. The number of carboxylic acid groups (broad SMARTS) is 1. The van der Waals surface area contributed by atoms with E-state index in [0.29, 0.717) is 18.8 Å². The van der Waals surface area contributed by atoms with Crippen molar-refractivity contribution < 1.29 is 14.3 Å². The van der Waals surface area contributed by atoms with Crippen molar-refractivity contribution in [1.29, 1.82) is 0 Å². The molecule has 0 radical (unpaired) electrons. The Morgan fingerprint density at radius 2 is 2.10 bits per heavy atom. The number of nitrogens with zero attached hydrogens (tertiary/aromatic N) is 1. The first kappa shape index (κ1) is 12.4. The number of aromatic amines is 1. The fourth-order valence-corrected chi connectivity index (χ4v) is 1.98. The number of aromatic nitrogens is 2. The van der Waals surface area contributed by atoms with Gasteiger partial charge in [0, 0.05) is 0 Å². The van der Waals surface area contributed by atoms with E-state index in [1.54, 1.807) is 6.07 Å². The van der Waals surface area contributed by atoms with E-state index in [4.69, 9.17) is 9.52 Å². The van der Waals surface area contributed by atoms with E-state index in [1.165, 1.54) is 6.07 Å². The van der Waals surface area contributed by atoms with Crippen LogP contribution in [-0.4, -0.2) is 21.0 Å². The number of aromatic carboxylic acids is 1. The van der Waals surface area contributed by atoms with E-state index >= 15 is 0 Å². The van der Waals surface area contributed by atoms with Gasteiger partial charge in [-0.1, -0.05) is 12.1 Å². The van der Waals surface area contributed by atoms with Crippen molar-refractivity contribution in [2.45, 2.75) is 13.1 Å². The van der Waals surface area contributed by atoms with Crippen molar-refractivity contribution in [1.82, 2.24) is 15.3 Å². The number of furan rings is 1. The average molecular weight is 271 g/mol. The number of carbonyl (C=O) groups is 1. The molecule has 2 aromatic heterocycles. The number of para-hydroxylation sites is 2. The van der Waals surface area contributed by atoms with Crippen LogP contribution in [0.1, 0.15) is 22.1 Å². The largest absolute Gasteiger partial charge is 0.475 e. The standard InChI is InChI=1S/C14H13N3O3/c18-14(19)12-6-5-9(20-12)7-15-8-13-16-10-3-1-2-4-11(10)17-13/h1-6,15H,7-8H2,(H,16,17)(H,18,19). The fraction of sp³-hybridized carbons (Fsp3) is 0.143. The predicted octanol–water partition coefficient (Wildman–Crippen LogP) is 2.14. The van der Waals surface area contributed by atoms with Gasteiger partial charge in [0.2, 0.25) is 5.76 Å². The van der Waals surface area contributed by atoms with Gasteiger partial charge in [-0.25, -0.2) is 9.78 Å². The Bertz CT molecular complexity index is 712. The van der Waals surface area contributed by atoms with Gasteiger partial charge in [-0.2, -0.15) is 0 Å². The Kier molecular flexibility index (Phi) is 3.22. The van der Waals surface area contributed by atoms with Crippen LogP contribution in [0.25, 0.3) is 11.0 Å². The summed E-state index contributed by atoms with van der Waals surface area (Å²) in [5.41, 5.74) is 1.92. The Hall–Kier alpha value is -2.60. The molecule has 6 nitrogen and oxygen atoms in total. The molecule has 0 unspecified atom stereocenters. The summed E-state index contributed by atoms with van der Waals surface area (Å²) in [4.78, 5) is 18.3. The summed E-state index contributed by atoms with van der Waals surface area (Å²) in [5, 5.41) is 11.9. The first-order chi connectivity index (χ1) is 9.72. The Labute approximate surface area is 114 Å². The van der Waals surface area contributed by atoms with Crippen LogP contribution in [-0.2, 0) is 13.1 Å². The summed E-state index contributed by atoms with van der Waals surface area (Å²) in [5.74, 6) is 0.300. The molecule has 3 aromatic rings. The van der Waals surface area contributed by atoms with Gasteiger partial charge in [-0.05, 0) is 24.3 Å². The van der Waals surface area contributed by atoms with Gasteiger partial charge in [0.25, 0.3) is 0 Å². The highest BCUT2D eigenvalue weighted by Crippen LogP contribution is 2.11. The third kappa shape index (κ3) is 2.55. The number of rotatable bonds is 5. The summed E-state index contributed by atoms with van der Waals surface area (Å²) in [7, 11) is 0. The Morgan fingerprint density at radius 3 is 2.85 bits per heavy atom. The molecular weight excluding hydrogens is 258 g/mol. The lowest BCUT2D eigenvalue weighted by Crippen LogP contribution is -2.13. The predicted molar refractivity (Wildman–Crippen MR) is 72.3 cm³/mol. The number of hydrogen-bond donors (Lipinski definition) is 3. The first-order valence-electron chi connectivity index (χ1n) is 6.19. The molecule has 3 rings (SSSR count). The van der Waals surface area contributed by atoms with E-state index in [-0.39, 0.29) is 5.76 Å². The monoisotopic (exact) mass is 271 g/mol. The maximum absolute atomic E-state index is 10.7. The highest BCUT2D eigenvalue weighted by atomic mass is 16.4. The maximum atomic E-state index is 10.7. The molecule has 3 N–H and O–H groups in total. The van der Waals surface area contributed by atoms with Crippen LogP contribution < -0.4 is 5.32 Å². The third-order valence-corrected chi connectivity index (χ3v) is 2.90. The van der Waals surface area contributed by atoms with Gasteiger partial charge >= 0.3 is 5.97 Å². The molecule has 0 aliphatic carbocycles. The van der Waals surface area contributed by atoms with Gasteiger partial charge in [-0.3, -0.25) is 0 Å². The van der Waals surface area contributed by atoms with Crippen LogP contribution in [0.5, 0.6) is 0 Å². The summed E-state index contributed by atoms with van der Waals surface area (Å²) in [6.07, 6.45) is 0. The van der Waals surface area contributed by atoms with Gasteiger partial charge in [-0.15, -0.1) is 0 Å². The van der Waals surface area contributed by atoms with Crippen LogP contribution in [0.3, 0.4) is 0 Å². The minimum absolute atomic E-state index is 0.0504. The van der Waals surface area contributed by atoms with Gasteiger partial charge in [0.1, 0.15) is 11.6 Å². The van der Waals surface area contributed by atoms with E-state index in [9.17, 15) is 4.79 Å². The van der Waals surface area contributed by atoms with Crippen molar-refractivity contribution in [2.75, 3.05) is 0 Å². The Morgan fingerprint density at radius 1 is 1.25 bits per heavy atom. The lowest BCUT2D eigenvalue weighted by Gasteiger charge is -1.99. The molecule has 0 saturated carbocycles. The molecule has 6 heteroatoms. The molecule has 20 heavy (non-hydrogen) atoms. The summed E-state index contributed by atoms with van der Waals surface area (Å²) < 4.78 is 5.15. The second-order valence-corrected chi connectivity index (χ2v) is 4.38. The second-order valence-electron chi connectivity index (χ2n) is 4.38. The normalized spacial score (nSPS) is 11.0. The van der Waals surface area contributed by atoms with Crippen molar-refractivity contribution in [2.24, 2.45) is 0 Å². The lowest BCUT2D eigenvalue weighted by molar-refractivity contribution is 0.0660. The zero-order valence-corrected chi connectivity index (χ0v) is 10.6. The van der Waals surface area contributed by atoms with Crippen molar-refractivity contribution in [3.8, 4) is 0 Å². The van der Waals surface area contributed by atoms with Crippen LogP contribution in [0.15, 0.2) is 40.8 Å². The smallest absolute Gasteiger partial charge is 0.371 e. The SMILES string of the molecule is O=C(O)c1ccc(CNCc2nc3ccccc3[nH]2)o1. The molecule has 2 heterocycles. The van der Waals surface area contributed by atoms with Crippen molar-refractivity contribution >= 4 is 17.0 Å². The van der Waals surface area contributed by atoms with Crippen LogP contribution >= 0.6 is 0 Å². The van der Waals surface area contributed by atoms with Gasteiger partial charge < -0.3 is 19.8 Å². The molecule has 0 bridgehead atoms. The minimum atomic E-state index is -1.06. The van der Waals surface area contributed by atoms with Crippen LogP contribution in [0.4, 0.5) is 0 Å². The molecule has 0 fully saturated rings. The number of nitrogens with one attached hydrogen (secondary N) is 2. The molecular formula is C14H13N3O3. The van der Waals surface area contributed by atoms with E-state index in [1.807, 2.05) is 24.3 Å². The van der Waals surface area contributed by atoms with Gasteiger partial charge in [0.15, 0.2) is 0 Å². The average Bonchev–Trinajstić information content (AvgIpc) is 3.04. The number of imidazole rings is 1.